The second-order valence-corrected chi connectivity index (χ2v) is 4.74. The summed E-state index contributed by atoms with van der Waals surface area (Å²) < 4.78 is 11.3. The first-order valence-corrected chi connectivity index (χ1v) is 7.03. The van der Waals surface area contributed by atoms with E-state index in [1.165, 1.54) is 0 Å². The fourth-order valence-electron chi connectivity index (χ4n) is 2.10. The van der Waals surface area contributed by atoms with Gasteiger partial charge in [0.1, 0.15) is 11.5 Å². The van der Waals surface area contributed by atoms with Crippen molar-refractivity contribution in [3.8, 4) is 11.5 Å². The molecule has 0 aliphatic heterocycles. The summed E-state index contributed by atoms with van der Waals surface area (Å²) in [6, 6.07) is 9.79. The molecule has 3 heteroatoms. The topological polar surface area (TPSA) is 35.5 Å². The largest absolute Gasteiger partial charge is 0.493 e. The minimum atomic E-state index is -0.222. The van der Waals surface area contributed by atoms with Crippen LogP contribution >= 0.6 is 0 Å². The normalized spacial score (nSPS) is 10.6. The van der Waals surface area contributed by atoms with Gasteiger partial charge < -0.3 is 9.47 Å². The van der Waals surface area contributed by atoms with Crippen molar-refractivity contribution in [1.29, 1.82) is 0 Å². The Labute approximate surface area is 119 Å². The van der Waals surface area contributed by atoms with Crippen molar-refractivity contribution >= 4 is 16.7 Å². The quantitative estimate of drug-likeness (QED) is 0.603. The highest BCUT2D eigenvalue weighted by atomic mass is 16.5. The molecule has 0 heterocycles. The van der Waals surface area contributed by atoms with E-state index < -0.39 is 0 Å². The van der Waals surface area contributed by atoms with E-state index >= 15 is 0 Å². The average Bonchev–Trinajstić information content (AvgIpc) is 2.48. The zero-order chi connectivity index (χ0) is 14.5. The van der Waals surface area contributed by atoms with Crippen molar-refractivity contribution in [3.05, 3.63) is 35.9 Å². The first kappa shape index (κ1) is 14.4. The lowest BCUT2D eigenvalue weighted by atomic mass is 10.0. The molecule has 2 aromatic carbocycles. The van der Waals surface area contributed by atoms with E-state index in [0.717, 1.165) is 28.5 Å². The van der Waals surface area contributed by atoms with E-state index in [-0.39, 0.29) is 5.97 Å². The van der Waals surface area contributed by atoms with Gasteiger partial charge in [-0.2, -0.15) is 0 Å². The molecule has 0 saturated heterocycles. The first-order valence-electron chi connectivity index (χ1n) is 7.03. The summed E-state index contributed by atoms with van der Waals surface area (Å²) in [6.45, 7) is 6.48. The highest BCUT2D eigenvalue weighted by Crippen LogP contribution is 2.36. The summed E-state index contributed by atoms with van der Waals surface area (Å²) in [4.78, 5) is 11.6. The van der Waals surface area contributed by atoms with Gasteiger partial charge in [0, 0.05) is 17.2 Å². The number of ether oxygens (including phenoxy) is 2. The van der Waals surface area contributed by atoms with Crippen molar-refractivity contribution in [1.82, 2.24) is 0 Å². The van der Waals surface area contributed by atoms with E-state index in [1.807, 2.05) is 37.3 Å². The minimum absolute atomic E-state index is 0.222. The number of aryl methyl sites for hydroxylation is 1. The van der Waals surface area contributed by atoms with Crippen molar-refractivity contribution < 1.29 is 14.3 Å². The molecule has 0 N–H and O–H groups in total. The van der Waals surface area contributed by atoms with Gasteiger partial charge in [0.05, 0.1) is 6.61 Å². The van der Waals surface area contributed by atoms with Gasteiger partial charge >= 0.3 is 5.97 Å². The molecule has 0 saturated carbocycles. The van der Waals surface area contributed by atoms with Crippen LogP contribution in [0.1, 0.15) is 32.3 Å². The summed E-state index contributed by atoms with van der Waals surface area (Å²) in [5.74, 6) is 1.26. The van der Waals surface area contributed by atoms with Crippen LogP contribution in [0.4, 0.5) is 0 Å². The van der Waals surface area contributed by atoms with Crippen molar-refractivity contribution in [2.24, 2.45) is 0 Å². The Morgan fingerprint density at radius 2 is 1.85 bits per heavy atom. The van der Waals surface area contributed by atoms with Crippen LogP contribution in [-0.2, 0) is 4.79 Å². The van der Waals surface area contributed by atoms with E-state index in [4.69, 9.17) is 9.47 Å². The number of rotatable bonds is 5. The van der Waals surface area contributed by atoms with Gasteiger partial charge in [-0.1, -0.05) is 38.1 Å². The molecule has 0 aliphatic rings. The van der Waals surface area contributed by atoms with Crippen LogP contribution in [0, 0.1) is 6.92 Å². The van der Waals surface area contributed by atoms with Crippen molar-refractivity contribution in [2.75, 3.05) is 6.61 Å². The predicted octanol–water partition coefficient (Wildman–Crippen LogP) is 4.25. The predicted molar refractivity (Wildman–Crippen MR) is 80.4 cm³/mol. The second-order valence-electron chi connectivity index (χ2n) is 4.74. The number of hydrogen-bond acceptors (Lipinski definition) is 3. The molecule has 0 aliphatic carbocycles. The monoisotopic (exact) mass is 272 g/mol. The number of fused-ring (bicyclic) bond motifs is 1. The molecule has 0 fully saturated rings. The number of benzene rings is 2. The Hall–Kier alpha value is -2.03. The molecule has 0 amide bonds. The summed E-state index contributed by atoms with van der Waals surface area (Å²) in [7, 11) is 0. The fraction of sp³-hybridized carbons (Fsp3) is 0.353. The lowest BCUT2D eigenvalue weighted by Crippen LogP contribution is -2.07. The summed E-state index contributed by atoms with van der Waals surface area (Å²) >= 11 is 0. The minimum Gasteiger partial charge on any atom is -0.493 e. The molecule has 0 bridgehead atoms. The first-order chi connectivity index (χ1) is 9.67. The summed E-state index contributed by atoms with van der Waals surface area (Å²) in [6.07, 6.45) is 1.32. The van der Waals surface area contributed by atoms with Crippen molar-refractivity contribution in [2.45, 2.75) is 33.6 Å². The van der Waals surface area contributed by atoms with Crippen LogP contribution in [0.25, 0.3) is 10.8 Å². The third kappa shape index (κ3) is 2.93. The number of carbonyl (C=O) groups is 1. The third-order valence-corrected chi connectivity index (χ3v) is 3.11. The van der Waals surface area contributed by atoms with Crippen LogP contribution in [-0.4, -0.2) is 12.6 Å². The maximum atomic E-state index is 11.6. The number of carbonyl (C=O) groups excluding carboxylic acids is 1. The molecule has 0 spiro atoms. The maximum Gasteiger partial charge on any atom is 0.310 e. The number of hydrogen-bond donors (Lipinski definition) is 0. The molecule has 2 aromatic rings. The second kappa shape index (κ2) is 6.42. The molecular formula is C17H20O3. The Kier molecular flexibility index (Phi) is 4.61. The highest BCUT2D eigenvalue weighted by molar-refractivity contribution is 5.96. The van der Waals surface area contributed by atoms with Gasteiger partial charge in [0.25, 0.3) is 0 Å². The lowest BCUT2D eigenvalue weighted by molar-refractivity contribution is -0.133. The molecule has 20 heavy (non-hydrogen) atoms. The summed E-state index contributed by atoms with van der Waals surface area (Å²) in [5.41, 5.74) is 0.914. The van der Waals surface area contributed by atoms with E-state index in [1.54, 1.807) is 6.92 Å². The molecule has 2 rings (SSSR count). The SMILES string of the molecule is CCCOc1cc(C)c(OC(=O)CC)c2ccccc12. The van der Waals surface area contributed by atoms with Gasteiger partial charge in [-0.25, -0.2) is 0 Å². The Morgan fingerprint density at radius 3 is 2.50 bits per heavy atom. The highest BCUT2D eigenvalue weighted by Gasteiger charge is 2.13. The zero-order valence-electron chi connectivity index (χ0n) is 12.2. The third-order valence-electron chi connectivity index (χ3n) is 3.11. The maximum absolute atomic E-state index is 11.6. The molecule has 0 unspecified atom stereocenters. The smallest absolute Gasteiger partial charge is 0.310 e. The lowest BCUT2D eigenvalue weighted by Gasteiger charge is -2.14. The average molecular weight is 272 g/mol. The summed E-state index contributed by atoms with van der Waals surface area (Å²) in [5, 5.41) is 1.89. The van der Waals surface area contributed by atoms with Gasteiger partial charge in [0.2, 0.25) is 0 Å². The standard InChI is InChI=1S/C17H20O3/c1-4-10-19-15-11-12(3)17(20-16(18)5-2)14-9-7-6-8-13(14)15/h6-9,11H,4-5,10H2,1-3H3. The number of esters is 1. The molecule has 0 aromatic heterocycles. The van der Waals surface area contributed by atoms with E-state index in [9.17, 15) is 4.79 Å². The van der Waals surface area contributed by atoms with E-state index in [2.05, 4.69) is 6.92 Å². The molecule has 3 nitrogen and oxygen atoms in total. The van der Waals surface area contributed by atoms with Crippen LogP contribution in [0.5, 0.6) is 11.5 Å². The van der Waals surface area contributed by atoms with Crippen LogP contribution in [0.2, 0.25) is 0 Å². The zero-order valence-corrected chi connectivity index (χ0v) is 12.2. The van der Waals surface area contributed by atoms with Gasteiger partial charge in [-0.05, 0) is 25.0 Å². The van der Waals surface area contributed by atoms with Gasteiger partial charge in [0.15, 0.2) is 0 Å². The van der Waals surface area contributed by atoms with Crippen molar-refractivity contribution in [3.63, 3.8) is 0 Å². The molecular weight excluding hydrogens is 252 g/mol. The fourth-order valence-corrected chi connectivity index (χ4v) is 2.10. The van der Waals surface area contributed by atoms with Crippen LogP contribution < -0.4 is 9.47 Å². The van der Waals surface area contributed by atoms with Crippen LogP contribution in [0.15, 0.2) is 30.3 Å². The Morgan fingerprint density at radius 1 is 1.15 bits per heavy atom. The van der Waals surface area contributed by atoms with Gasteiger partial charge in [-0.3, -0.25) is 4.79 Å². The van der Waals surface area contributed by atoms with Gasteiger partial charge in [-0.15, -0.1) is 0 Å². The molecule has 0 atom stereocenters. The van der Waals surface area contributed by atoms with Crippen LogP contribution in [0.3, 0.4) is 0 Å². The Balaban J connectivity index is 2.54. The van der Waals surface area contributed by atoms with E-state index in [0.29, 0.717) is 18.8 Å². The molecule has 106 valence electrons. The Bertz CT molecular complexity index is 617. The molecule has 0 radical (unpaired) electrons.